The van der Waals surface area contributed by atoms with Gasteiger partial charge in [-0.1, -0.05) is 47.6 Å². The van der Waals surface area contributed by atoms with Crippen LogP contribution < -0.4 is 10.9 Å². The van der Waals surface area contributed by atoms with E-state index in [1.54, 1.807) is 15.9 Å². The molecular formula is C25H22ClN3O2S2. The molecule has 0 spiro atoms. The highest BCUT2D eigenvalue weighted by Gasteiger charge is 2.24. The highest BCUT2D eigenvalue weighted by molar-refractivity contribution is 7.99. The fourth-order valence-electron chi connectivity index (χ4n) is 4.31. The molecule has 1 aliphatic rings. The number of benzene rings is 2. The van der Waals surface area contributed by atoms with Gasteiger partial charge in [-0.2, -0.15) is 0 Å². The summed E-state index contributed by atoms with van der Waals surface area (Å²) in [5.74, 6) is -0.0871. The predicted octanol–water partition coefficient (Wildman–Crippen LogP) is 5.94. The van der Waals surface area contributed by atoms with Crippen LogP contribution in [-0.2, 0) is 17.6 Å². The van der Waals surface area contributed by atoms with Gasteiger partial charge in [0.05, 0.1) is 27.5 Å². The Kier molecular flexibility index (Phi) is 6.03. The number of carbonyl (C=O) groups is 1. The van der Waals surface area contributed by atoms with Gasteiger partial charge in [-0.3, -0.25) is 14.2 Å². The molecule has 5 rings (SSSR count). The van der Waals surface area contributed by atoms with Crippen molar-refractivity contribution in [3.63, 3.8) is 0 Å². The van der Waals surface area contributed by atoms with E-state index in [4.69, 9.17) is 16.6 Å². The van der Waals surface area contributed by atoms with Crippen molar-refractivity contribution in [1.29, 1.82) is 0 Å². The number of aromatic nitrogens is 2. The lowest BCUT2D eigenvalue weighted by atomic mass is 10.1. The zero-order valence-electron chi connectivity index (χ0n) is 18.3. The molecule has 0 bridgehead atoms. The number of thioether (sulfide) groups is 1. The third kappa shape index (κ3) is 4.21. The van der Waals surface area contributed by atoms with E-state index < -0.39 is 0 Å². The Morgan fingerprint density at radius 1 is 1.21 bits per heavy atom. The molecule has 2 aromatic heterocycles. The van der Waals surface area contributed by atoms with Crippen LogP contribution in [0.15, 0.2) is 52.4 Å². The molecule has 168 valence electrons. The quantitative estimate of drug-likeness (QED) is 0.275. The molecule has 1 aliphatic carbocycles. The van der Waals surface area contributed by atoms with Crippen LogP contribution in [0.1, 0.15) is 28.0 Å². The summed E-state index contributed by atoms with van der Waals surface area (Å²) in [7, 11) is 0. The van der Waals surface area contributed by atoms with E-state index in [9.17, 15) is 9.59 Å². The summed E-state index contributed by atoms with van der Waals surface area (Å²) in [6.07, 6.45) is 3.01. The third-order valence-electron chi connectivity index (χ3n) is 5.75. The molecule has 0 saturated carbocycles. The molecule has 0 fully saturated rings. The van der Waals surface area contributed by atoms with Gasteiger partial charge < -0.3 is 5.32 Å². The Morgan fingerprint density at radius 3 is 2.76 bits per heavy atom. The first kappa shape index (κ1) is 22.2. The monoisotopic (exact) mass is 495 g/mol. The largest absolute Gasteiger partial charge is 0.324 e. The van der Waals surface area contributed by atoms with E-state index in [0.29, 0.717) is 15.9 Å². The Labute approximate surface area is 204 Å². The molecule has 0 unspecified atom stereocenters. The summed E-state index contributed by atoms with van der Waals surface area (Å²) < 4.78 is 1.63. The number of amides is 1. The number of carbonyl (C=O) groups excluding carboxylic acids is 1. The molecule has 4 aromatic rings. The topological polar surface area (TPSA) is 64.0 Å². The zero-order valence-corrected chi connectivity index (χ0v) is 20.7. The number of para-hydroxylation sites is 1. The molecule has 1 amide bonds. The van der Waals surface area contributed by atoms with E-state index >= 15 is 0 Å². The van der Waals surface area contributed by atoms with Gasteiger partial charge >= 0.3 is 0 Å². The van der Waals surface area contributed by atoms with Gasteiger partial charge in [0.1, 0.15) is 4.83 Å². The van der Waals surface area contributed by atoms with E-state index in [1.165, 1.54) is 16.6 Å². The average molecular weight is 496 g/mol. The van der Waals surface area contributed by atoms with Crippen LogP contribution in [0.5, 0.6) is 0 Å². The van der Waals surface area contributed by atoms with Gasteiger partial charge in [0.15, 0.2) is 5.16 Å². The minimum Gasteiger partial charge on any atom is -0.324 e. The SMILES string of the molecule is Cc1cc(C)c(NC(=O)CSc2nc3sc4c(c3c(=O)n2-c2ccccc2)CCC4)c(Cl)c1. The van der Waals surface area contributed by atoms with Crippen LogP contribution in [0.2, 0.25) is 5.02 Å². The minimum absolute atomic E-state index is 0.0640. The average Bonchev–Trinajstić information content (AvgIpc) is 3.36. The number of nitrogens with one attached hydrogen (secondary N) is 1. The van der Waals surface area contributed by atoms with E-state index in [1.807, 2.05) is 56.3 Å². The fourth-order valence-corrected chi connectivity index (χ4v) is 6.79. The molecule has 2 aromatic carbocycles. The molecule has 0 saturated heterocycles. The lowest BCUT2D eigenvalue weighted by Gasteiger charge is -2.14. The van der Waals surface area contributed by atoms with Crippen molar-refractivity contribution in [2.75, 3.05) is 11.1 Å². The van der Waals surface area contributed by atoms with Crippen molar-refractivity contribution in [3.05, 3.63) is 79.4 Å². The van der Waals surface area contributed by atoms with Gasteiger partial charge in [0.25, 0.3) is 5.56 Å². The smallest absolute Gasteiger partial charge is 0.267 e. The molecule has 5 nitrogen and oxygen atoms in total. The number of thiophene rings is 1. The Morgan fingerprint density at radius 2 is 2.00 bits per heavy atom. The number of hydrogen-bond donors (Lipinski definition) is 1. The highest BCUT2D eigenvalue weighted by atomic mass is 35.5. The summed E-state index contributed by atoms with van der Waals surface area (Å²) in [6, 6.07) is 13.3. The molecule has 0 radical (unpaired) electrons. The van der Waals surface area contributed by atoms with E-state index in [2.05, 4.69) is 5.32 Å². The molecule has 8 heteroatoms. The van der Waals surface area contributed by atoms with E-state index in [0.717, 1.165) is 51.9 Å². The zero-order chi connectivity index (χ0) is 23.1. The van der Waals surface area contributed by atoms with E-state index in [-0.39, 0.29) is 17.2 Å². The second-order valence-electron chi connectivity index (χ2n) is 8.18. The maximum absolute atomic E-state index is 13.6. The predicted molar refractivity (Wildman–Crippen MR) is 138 cm³/mol. The van der Waals surface area contributed by atoms with Gasteiger partial charge in [-0.15, -0.1) is 11.3 Å². The molecule has 0 atom stereocenters. The van der Waals surface area contributed by atoms with Crippen molar-refractivity contribution in [2.24, 2.45) is 0 Å². The maximum Gasteiger partial charge on any atom is 0.267 e. The Balaban J connectivity index is 1.49. The van der Waals surface area contributed by atoms with Gasteiger partial charge in [-0.05, 0) is 68.0 Å². The second kappa shape index (κ2) is 8.97. The van der Waals surface area contributed by atoms with Crippen LogP contribution in [0.3, 0.4) is 0 Å². The number of fused-ring (bicyclic) bond motifs is 3. The van der Waals surface area contributed by atoms with Crippen molar-refractivity contribution < 1.29 is 4.79 Å². The van der Waals surface area contributed by atoms with Gasteiger partial charge in [0.2, 0.25) is 5.91 Å². The van der Waals surface area contributed by atoms with Gasteiger partial charge in [0, 0.05) is 4.88 Å². The first-order valence-electron chi connectivity index (χ1n) is 10.7. The second-order valence-corrected chi connectivity index (χ2v) is 10.6. The number of aryl methyl sites for hydroxylation is 4. The van der Waals surface area contributed by atoms with Gasteiger partial charge in [-0.25, -0.2) is 4.98 Å². The summed E-state index contributed by atoms with van der Waals surface area (Å²) in [5, 5.41) is 4.67. The Bertz CT molecular complexity index is 1420. The number of anilines is 1. The summed E-state index contributed by atoms with van der Waals surface area (Å²) >= 11 is 9.21. The lowest BCUT2D eigenvalue weighted by Crippen LogP contribution is -2.23. The normalized spacial score (nSPS) is 12.8. The molecule has 0 aliphatic heterocycles. The summed E-state index contributed by atoms with van der Waals surface area (Å²) in [6.45, 7) is 3.88. The Hall–Kier alpha value is -2.61. The number of rotatable bonds is 5. The lowest BCUT2D eigenvalue weighted by molar-refractivity contribution is -0.113. The van der Waals surface area contributed by atoms with Crippen LogP contribution >= 0.6 is 34.7 Å². The molecule has 2 heterocycles. The van der Waals surface area contributed by atoms with Crippen molar-refractivity contribution in [2.45, 2.75) is 38.3 Å². The number of nitrogens with zero attached hydrogens (tertiary/aromatic N) is 2. The molecule has 1 N–H and O–H groups in total. The van der Waals surface area contributed by atoms with Crippen molar-refractivity contribution >= 4 is 56.5 Å². The number of hydrogen-bond acceptors (Lipinski definition) is 5. The maximum atomic E-state index is 13.6. The number of halogens is 1. The summed E-state index contributed by atoms with van der Waals surface area (Å²) in [4.78, 5) is 33.3. The highest BCUT2D eigenvalue weighted by Crippen LogP contribution is 2.36. The first-order chi connectivity index (χ1) is 15.9. The molecular weight excluding hydrogens is 474 g/mol. The van der Waals surface area contributed by atoms with Crippen LogP contribution in [0, 0.1) is 13.8 Å². The fraction of sp³-hybridized carbons (Fsp3) is 0.240. The summed E-state index contributed by atoms with van der Waals surface area (Å²) in [5.41, 5.74) is 4.40. The van der Waals surface area contributed by atoms with Crippen LogP contribution in [0.4, 0.5) is 5.69 Å². The molecule has 33 heavy (non-hydrogen) atoms. The van der Waals surface area contributed by atoms with Crippen LogP contribution in [-0.4, -0.2) is 21.2 Å². The van der Waals surface area contributed by atoms with Crippen molar-refractivity contribution in [3.8, 4) is 5.69 Å². The van der Waals surface area contributed by atoms with Crippen LogP contribution in [0.25, 0.3) is 15.9 Å². The van der Waals surface area contributed by atoms with Crippen molar-refractivity contribution in [1.82, 2.24) is 9.55 Å². The first-order valence-corrected chi connectivity index (χ1v) is 12.9. The standard InChI is InChI=1S/C25H22ClN3O2S2/c1-14-11-15(2)22(18(26)12-14)27-20(30)13-32-25-28-23-21(17-9-6-10-19(17)33-23)24(31)29(25)16-7-4-3-5-8-16/h3-5,7-8,11-12H,6,9-10,13H2,1-2H3,(H,27,30). The third-order valence-corrected chi connectivity index (χ3v) is 8.17. The minimum atomic E-state index is -0.198.